The Morgan fingerprint density at radius 2 is 1.93 bits per heavy atom. The summed E-state index contributed by atoms with van der Waals surface area (Å²) in [5.41, 5.74) is 11.8. The molecule has 0 saturated heterocycles. The van der Waals surface area contributed by atoms with Gasteiger partial charge in [0, 0.05) is 35.1 Å². The van der Waals surface area contributed by atoms with Crippen LogP contribution in [0, 0.1) is 13.5 Å². The highest BCUT2D eigenvalue weighted by Gasteiger charge is 2.19. The van der Waals surface area contributed by atoms with E-state index in [9.17, 15) is 0 Å². The van der Waals surface area contributed by atoms with Crippen molar-refractivity contribution < 1.29 is 0 Å². The quantitative estimate of drug-likeness (QED) is 0.459. The van der Waals surface area contributed by atoms with Gasteiger partial charge in [0.25, 0.3) is 5.82 Å². The summed E-state index contributed by atoms with van der Waals surface area (Å²) >= 11 is 0. The van der Waals surface area contributed by atoms with Gasteiger partial charge in [-0.3, -0.25) is 9.38 Å². The predicted molar refractivity (Wildman–Crippen MR) is 112 cm³/mol. The normalized spacial score (nSPS) is 11.0. The monoisotopic (exact) mass is 377 g/mol. The second-order valence-corrected chi connectivity index (χ2v) is 6.70. The third-order valence-corrected chi connectivity index (χ3v) is 4.87. The molecule has 0 aliphatic carbocycles. The lowest BCUT2D eigenvalue weighted by molar-refractivity contribution is 1.14. The Balaban J connectivity index is 1.84. The molecule has 7 heteroatoms. The van der Waals surface area contributed by atoms with E-state index in [1.54, 1.807) is 18.6 Å². The van der Waals surface area contributed by atoms with E-state index in [0.717, 1.165) is 33.3 Å². The zero-order valence-electron chi connectivity index (χ0n) is 15.5. The summed E-state index contributed by atoms with van der Waals surface area (Å²) in [7, 11) is 0. The van der Waals surface area contributed by atoms with E-state index in [1.165, 1.54) is 0 Å². The largest absolute Gasteiger partial charge is 0.381 e. The standard InChI is InChI=1S/C22H15N7/c1-13-10-16(12-27-21(13)24-2)18-19(29-9-8-26-22(29)20(23)28-18)15-5-6-17-14(11-15)4-3-7-25-17/h3-12H,1H3,(H2,23,28). The molecule has 1 aromatic carbocycles. The molecule has 0 unspecified atom stereocenters. The number of aromatic nitrogens is 5. The van der Waals surface area contributed by atoms with Gasteiger partial charge in [0.2, 0.25) is 0 Å². The molecular formula is C22H15N7. The highest BCUT2D eigenvalue weighted by molar-refractivity contribution is 5.89. The van der Waals surface area contributed by atoms with E-state index in [4.69, 9.17) is 12.3 Å². The molecule has 0 bridgehead atoms. The molecule has 0 amide bonds. The van der Waals surface area contributed by atoms with Gasteiger partial charge in [-0.1, -0.05) is 24.8 Å². The fourth-order valence-corrected chi connectivity index (χ4v) is 3.52. The Labute approximate surface area is 166 Å². The van der Waals surface area contributed by atoms with Crippen LogP contribution in [-0.2, 0) is 0 Å². The minimum Gasteiger partial charge on any atom is -0.381 e. The van der Waals surface area contributed by atoms with Crippen molar-refractivity contribution in [3.63, 3.8) is 0 Å². The van der Waals surface area contributed by atoms with E-state index >= 15 is 0 Å². The molecule has 5 rings (SSSR count). The van der Waals surface area contributed by atoms with Crippen LogP contribution in [0.1, 0.15) is 5.56 Å². The molecule has 7 nitrogen and oxygen atoms in total. The van der Waals surface area contributed by atoms with Gasteiger partial charge in [0.05, 0.1) is 11.2 Å². The number of hydrogen-bond donors (Lipinski definition) is 1. The molecule has 5 aromatic rings. The van der Waals surface area contributed by atoms with Gasteiger partial charge in [-0.15, -0.1) is 4.98 Å². The predicted octanol–water partition coefficient (Wildman–Crippen LogP) is 4.45. The number of fused-ring (bicyclic) bond motifs is 2. The highest BCUT2D eigenvalue weighted by atomic mass is 15.1. The third kappa shape index (κ3) is 2.66. The minimum absolute atomic E-state index is 0.336. The van der Waals surface area contributed by atoms with Gasteiger partial charge in [-0.2, -0.15) is 0 Å². The molecule has 0 spiro atoms. The van der Waals surface area contributed by atoms with Crippen molar-refractivity contribution in [2.75, 3.05) is 5.73 Å². The molecule has 4 heterocycles. The maximum Gasteiger partial charge on any atom is 0.272 e. The topological polar surface area (TPSA) is 86.3 Å². The lowest BCUT2D eigenvalue weighted by atomic mass is 10.0. The second-order valence-electron chi connectivity index (χ2n) is 6.70. The molecule has 4 aromatic heterocycles. The molecule has 29 heavy (non-hydrogen) atoms. The zero-order valence-corrected chi connectivity index (χ0v) is 15.5. The van der Waals surface area contributed by atoms with Crippen molar-refractivity contribution in [2.45, 2.75) is 6.92 Å². The second kappa shape index (κ2) is 6.39. The number of nitrogen functional groups attached to an aromatic ring is 1. The number of nitrogens with two attached hydrogens (primary N) is 1. The number of pyridine rings is 2. The van der Waals surface area contributed by atoms with Crippen molar-refractivity contribution in [1.29, 1.82) is 0 Å². The Bertz CT molecular complexity index is 1440. The van der Waals surface area contributed by atoms with Gasteiger partial charge in [0.1, 0.15) is 11.9 Å². The van der Waals surface area contributed by atoms with E-state index < -0.39 is 0 Å². The van der Waals surface area contributed by atoms with Crippen LogP contribution in [0.25, 0.3) is 43.9 Å². The maximum absolute atomic E-state index is 7.24. The fraction of sp³-hybridized carbons (Fsp3) is 0.0455. The van der Waals surface area contributed by atoms with Gasteiger partial charge in [-0.05, 0) is 30.7 Å². The smallest absolute Gasteiger partial charge is 0.272 e. The van der Waals surface area contributed by atoms with Crippen LogP contribution in [-0.4, -0.2) is 24.3 Å². The van der Waals surface area contributed by atoms with E-state index in [0.29, 0.717) is 23.0 Å². The van der Waals surface area contributed by atoms with Crippen molar-refractivity contribution in [3.8, 4) is 22.5 Å². The SMILES string of the molecule is [C-]#[N+]c1ncc(-c2nc(N)c3nccn3c2-c2ccc3ncccc3c2)cc1C. The van der Waals surface area contributed by atoms with Crippen LogP contribution in [0.5, 0.6) is 0 Å². The number of rotatable bonds is 2. The molecule has 2 N–H and O–H groups in total. The number of anilines is 1. The van der Waals surface area contributed by atoms with Crippen LogP contribution < -0.4 is 5.73 Å². The first-order valence-corrected chi connectivity index (χ1v) is 8.98. The Hall–Kier alpha value is -4.31. The molecule has 0 aliphatic heterocycles. The number of imidazole rings is 1. The number of hydrogen-bond acceptors (Lipinski definition) is 5. The summed E-state index contributed by atoms with van der Waals surface area (Å²) in [6.07, 6.45) is 7.01. The van der Waals surface area contributed by atoms with E-state index in [2.05, 4.69) is 30.8 Å². The third-order valence-electron chi connectivity index (χ3n) is 4.87. The number of aryl methyl sites for hydroxylation is 1. The zero-order chi connectivity index (χ0) is 20.0. The Morgan fingerprint density at radius 1 is 1.03 bits per heavy atom. The molecule has 0 radical (unpaired) electrons. The summed E-state index contributed by atoms with van der Waals surface area (Å²) in [5, 5.41) is 1.03. The average molecular weight is 377 g/mol. The van der Waals surface area contributed by atoms with Crippen LogP contribution in [0.15, 0.2) is 61.2 Å². The minimum atomic E-state index is 0.336. The summed E-state index contributed by atoms with van der Waals surface area (Å²) in [4.78, 5) is 21.1. The Morgan fingerprint density at radius 3 is 2.76 bits per heavy atom. The molecule has 138 valence electrons. The lowest BCUT2D eigenvalue weighted by Crippen LogP contribution is -2.04. The van der Waals surface area contributed by atoms with Crippen LogP contribution in [0.4, 0.5) is 11.6 Å². The van der Waals surface area contributed by atoms with Gasteiger partial charge < -0.3 is 10.6 Å². The van der Waals surface area contributed by atoms with Crippen LogP contribution in [0.3, 0.4) is 0 Å². The molecule has 0 atom stereocenters. The van der Waals surface area contributed by atoms with Crippen molar-refractivity contribution in [2.24, 2.45) is 0 Å². The van der Waals surface area contributed by atoms with Crippen LogP contribution in [0.2, 0.25) is 0 Å². The number of benzene rings is 1. The first-order chi connectivity index (χ1) is 14.2. The molecule has 0 fully saturated rings. The van der Waals surface area contributed by atoms with Crippen molar-refractivity contribution >= 4 is 28.2 Å². The van der Waals surface area contributed by atoms with Gasteiger partial charge >= 0.3 is 0 Å². The molecule has 0 aliphatic rings. The average Bonchev–Trinajstić information content (AvgIpc) is 3.23. The van der Waals surface area contributed by atoms with Crippen LogP contribution >= 0.6 is 0 Å². The van der Waals surface area contributed by atoms with Crippen molar-refractivity contribution in [3.05, 3.63) is 78.2 Å². The van der Waals surface area contributed by atoms with Gasteiger partial charge in [0.15, 0.2) is 11.5 Å². The molecular weight excluding hydrogens is 362 g/mol. The summed E-state index contributed by atoms with van der Waals surface area (Å²) in [5.74, 6) is 0.715. The Kier molecular flexibility index (Phi) is 3.71. The summed E-state index contributed by atoms with van der Waals surface area (Å²) in [6.45, 7) is 9.11. The molecule has 0 saturated carbocycles. The van der Waals surface area contributed by atoms with E-state index in [1.807, 2.05) is 47.9 Å². The maximum atomic E-state index is 7.24. The fourth-order valence-electron chi connectivity index (χ4n) is 3.52. The number of nitrogens with zero attached hydrogens (tertiary/aromatic N) is 6. The van der Waals surface area contributed by atoms with E-state index in [-0.39, 0.29) is 0 Å². The first kappa shape index (κ1) is 16.8. The highest BCUT2D eigenvalue weighted by Crippen LogP contribution is 2.35. The lowest BCUT2D eigenvalue weighted by Gasteiger charge is -2.14. The summed E-state index contributed by atoms with van der Waals surface area (Å²) < 4.78 is 1.94. The van der Waals surface area contributed by atoms with Crippen molar-refractivity contribution in [1.82, 2.24) is 24.3 Å². The summed E-state index contributed by atoms with van der Waals surface area (Å²) in [6, 6.07) is 11.9. The van der Waals surface area contributed by atoms with Gasteiger partial charge in [-0.25, -0.2) is 9.97 Å². The first-order valence-electron chi connectivity index (χ1n) is 8.98.